The number of rotatable bonds is 5. The number of hydrogen-bond donors (Lipinski definition) is 1. The number of ether oxygens (including phenoxy) is 1. The molecule has 1 aliphatic heterocycles. The molecule has 0 spiro atoms. The summed E-state index contributed by atoms with van der Waals surface area (Å²) in [6.45, 7) is 4.38. The molecule has 144 valence electrons. The van der Waals surface area contributed by atoms with E-state index in [4.69, 9.17) is 4.74 Å². The van der Waals surface area contributed by atoms with E-state index in [9.17, 15) is 13.2 Å². The first-order chi connectivity index (χ1) is 12.9. The van der Waals surface area contributed by atoms with Gasteiger partial charge in [-0.15, -0.1) is 0 Å². The fourth-order valence-electron chi connectivity index (χ4n) is 3.25. The molecule has 2 aromatic rings. The number of nitrogens with zero attached hydrogens (tertiary/aromatic N) is 1. The van der Waals surface area contributed by atoms with Crippen LogP contribution in [0.2, 0.25) is 0 Å². The van der Waals surface area contributed by atoms with Crippen molar-refractivity contribution in [1.82, 2.24) is 0 Å². The van der Waals surface area contributed by atoms with Crippen molar-refractivity contribution in [2.75, 3.05) is 22.8 Å². The monoisotopic (exact) mass is 388 g/mol. The Morgan fingerprint density at radius 2 is 1.78 bits per heavy atom. The second-order valence-electron chi connectivity index (χ2n) is 6.69. The van der Waals surface area contributed by atoms with Crippen molar-refractivity contribution in [3.63, 3.8) is 0 Å². The third kappa shape index (κ3) is 4.48. The summed E-state index contributed by atoms with van der Waals surface area (Å²) in [5.41, 5.74) is 2.10. The van der Waals surface area contributed by atoms with E-state index in [0.717, 1.165) is 5.56 Å². The Labute approximate surface area is 160 Å². The molecule has 7 heteroatoms. The normalized spacial score (nSPS) is 15.3. The van der Waals surface area contributed by atoms with Crippen LogP contribution in [0.1, 0.15) is 25.3 Å². The van der Waals surface area contributed by atoms with Gasteiger partial charge in [0, 0.05) is 31.9 Å². The summed E-state index contributed by atoms with van der Waals surface area (Å²) < 4.78 is 33.8. The zero-order chi connectivity index (χ0) is 19.4. The van der Waals surface area contributed by atoms with Crippen LogP contribution in [-0.2, 0) is 19.6 Å². The van der Waals surface area contributed by atoms with Crippen LogP contribution in [0, 0.1) is 6.92 Å². The molecule has 0 aromatic heterocycles. The van der Waals surface area contributed by atoms with E-state index in [-0.39, 0.29) is 16.8 Å². The molecule has 0 bridgehead atoms. The van der Waals surface area contributed by atoms with Crippen molar-refractivity contribution in [3.8, 4) is 0 Å². The van der Waals surface area contributed by atoms with Crippen LogP contribution < -0.4 is 9.62 Å². The molecule has 1 aliphatic rings. The van der Waals surface area contributed by atoms with Gasteiger partial charge in [0.25, 0.3) is 10.0 Å². The summed E-state index contributed by atoms with van der Waals surface area (Å²) in [5.74, 6) is -0.170. The highest BCUT2D eigenvalue weighted by Gasteiger charge is 2.33. The number of amides is 1. The lowest BCUT2D eigenvalue weighted by Crippen LogP contribution is -2.43. The van der Waals surface area contributed by atoms with Gasteiger partial charge in [0.1, 0.15) is 0 Å². The van der Waals surface area contributed by atoms with Crippen molar-refractivity contribution in [2.45, 2.75) is 37.6 Å². The average Bonchev–Trinajstić information content (AvgIpc) is 2.64. The van der Waals surface area contributed by atoms with Gasteiger partial charge in [-0.2, -0.15) is 0 Å². The summed E-state index contributed by atoms with van der Waals surface area (Å²) in [4.78, 5) is 11.5. The first-order valence-electron chi connectivity index (χ1n) is 8.94. The molecule has 1 amide bonds. The van der Waals surface area contributed by atoms with Gasteiger partial charge in [-0.25, -0.2) is 8.42 Å². The maximum absolute atomic E-state index is 13.5. The van der Waals surface area contributed by atoms with Crippen molar-refractivity contribution in [2.24, 2.45) is 0 Å². The minimum atomic E-state index is -3.72. The molecule has 0 saturated carbocycles. The Bertz CT molecular complexity index is 904. The lowest BCUT2D eigenvalue weighted by Gasteiger charge is -2.35. The van der Waals surface area contributed by atoms with Crippen LogP contribution in [0.15, 0.2) is 53.4 Å². The van der Waals surface area contributed by atoms with Gasteiger partial charge in [-0.05, 0) is 61.7 Å². The lowest BCUT2D eigenvalue weighted by molar-refractivity contribution is -0.114. The smallest absolute Gasteiger partial charge is 0.264 e. The highest BCUT2D eigenvalue weighted by atomic mass is 32.2. The highest BCUT2D eigenvalue weighted by molar-refractivity contribution is 7.92. The number of anilines is 2. The summed E-state index contributed by atoms with van der Waals surface area (Å²) in [7, 11) is -3.72. The molecule has 27 heavy (non-hydrogen) atoms. The number of benzene rings is 2. The number of aryl methyl sites for hydroxylation is 1. The number of carbonyl (C=O) groups excluding carboxylic acids is 1. The predicted molar refractivity (Wildman–Crippen MR) is 105 cm³/mol. The quantitative estimate of drug-likeness (QED) is 0.852. The van der Waals surface area contributed by atoms with Crippen LogP contribution in [-0.4, -0.2) is 33.6 Å². The minimum absolute atomic E-state index is 0.170. The second-order valence-corrected chi connectivity index (χ2v) is 8.50. The summed E-state index contributed by atoms with van der Waals surface area (Å²) >= 11 is 0. The van der Waals surface area contributed by atoms with E-state index < -0.39 is 10.0 Å². The van der Waals surface area contributed by atoms with E-state index in [1.807, 2.05) is 13.0 Å². The SMILES string of the molecule is CC(=O)Nc1ccc(N(C2CCOCC2)S(=O)(=O)c2cccc(C)c2)cc1. The van der Waals surface area contributed by atoms with E-state index >= 15 is 0 Å². The lowest BCUT2D eigenvalue weighted by atomic mass is 10.1. The first kappa shape index (κ1) is 19.4. The number of sulfonamides is 1. The maximum atomic E-state index is 13.5. The number of carbonyl (C=O) groups is 1. The predicted octanol–water partition coefficient (Wildman–Crippen LogP) is 3.33. The molecule has 0 aliphatic carbocycles. The molecule has 0 radical (unpaired) electrons. The fraction of sp³-hybridized carbons (Fsp3) is 0.350. The minimum Gasteiger partial charge on any atom is -0.381 e. The maximum Gasteiger partial charge on any atom is 0.264 e. The Morgan fingerprint density at radius 1 is 1.11 bits per heavy atom. The molecule has 6 nitrogen and oxygen atoms in total. The zero-order valence-electron chi connectivity index (χ0n) is 15.5. The molecule has 1 saturated heterocycles. The third-order valence-corrected chi connectivity index (χ3v) is 6.39. The summed E-state index contributed by atoms with van der Waals surface area (Å²) in [5, 5.41) is 2.70. The van der Waals surface area contributed by atoms with Crippen LogP contribution >= 0.6 is 0 Å². The number of hydrogen-bond acceptors (Lipinski definition) is 4. The molecule has 3 rings (SSSR count). The molecular weight excluding hydrogens is 364 g/mol. The van der Waals surface area contributed by atoms with Crippen LogP contribution in [0.25, 0.3) is 0 Å². The largest absolute Gasteiger partial charge is 0.381 e. The molecule has 1 N–H and O–H groups in total. The Balaban J connectivity index is 2.02. The van der Waals surface area contributed by atoms with Crippen LogP contribution in [0.4, 0.5) is 11.4 Å². The fourth-order valence-corrected chi connectivity index (χ4v) is 5.06. The molecule has 0 unspecified atom stereocenters. The Morgan fingerprint density at radius 3 is 2.37 bits per heavy atom. The Kier molecular flexibility index (Phi) is 5.82. The van der Waals surface area contributed by atoms with Gasteiger partial charge in [-0.3, -0.25) is 9.10 Å². The van der Waals surface area contributed by atoms with E-state index in [1.165, 1.54) is 11.2 Å². The van der Waals surface area contributed by atoms with Gasteiger partial charge in [0.15, 0.2) is 0 Å². The van der Waals surface area contributed by atoms with Gasteiger partial charge in [0.2, 0.25) is 5.91 Å². The topological polar surface area (TPSA) is 75.7 Å². The molecule has 0 atom stereocenters. The van der Waals surface area contributed by atoms with Crippen molar-refractivity contribution in [3.05, 3.63) is 54.1 Å². The van der Waals surface area contributed by atoms with Gasteiger partial charge < -0.3 is 10.1 Å². The third-order valence-electron chi connectivity index (χ3n) is 4.51. The van der Waals surface area contributed by atoms with Crippen molar-refractivity contribution >= 4 is 27.3 Å². The number of nitrogens with one attached hydrogen (secondary N) is 1. The van der Waals surface area contributed by atoms with Crippen molar-refractivity contribution in [1.29, 1.82) is 0 Å². The standard InChI is InChI=1S/C20H24N2O4S/c1-15-4-3-5-20(14-15)27(24,25)22(19-10-12-26-13-11-19)18-8-6-17(7-9-18)21-16(2)23/h3-9,14,19H,10-13H2,1-2H3,(H,21,23). The molecular formula is C20H24N2O4S. The zero-order valence-corrected chi connectivity index (χ0v) is 16.3. The van der Waals surface area contributed by atoms with Gasteiger partial charge >= 0.3 is 0 Å². The van der Waals surface area contributed by atoms with Crippen LogP contribution in [0.3, 0.4) is 0 Å². The molecule has 1 fully saturated rings. The van der Waals surface area contributed by atoms with Gasteiger partial charge in [0.05, 0.1) is 10.6 Å². The van der Waals surface area contributed by atoms with E-state index in [1.54, 1.807) is 42.5 Å². The molecule has 2 aromatic carbocycles. The highest BCUT2D eigenvalue weighted by Crippen LogP contribution is 2.31. The van der Waals surface area contributed by atoms with Crippen molar-refractivity contribution < 1.29 is 17.9 Å². The van der Waals surface area contributed by atoms with Crippen LogP contribution in [0.5, 0.6) is 0 Å². The van der Waals surface area contributed by atoms with E-state index in [0.29, 0.717) is 37.4 Å². The summed E-state index contributed by atoms with van der Waals surface area (Å²) in [6, 6.07) is 13.7. The average molecular weight is 388 g/mol. The Hall–Kier alpha value is -2.38. The summed E-state index contributed by atoms with van der Waals surface area (Å²) in [6.07, 6.45) is 1.27. The second kappa shape index (κ2) is 8.10. The first-order valence-corrected chi connectivity index (χ1v) is 10.4. The molecule has 1 heterocycles. The van der Waals surface area contributed by atoms with E-state index in [2.05, 4.69) is 5.32 Å². The van der Waals surface area contributed by atoms with Gasteiger partial charge in [-0.1, -0.05) is 12.1 Å².